The van der Waals surface area contributed by atoms with Crippen molar-refractivity contribution in [2.24, 2.45) is 17.3 Å². The largest absolute Gasteiger partial charge is 0.459 e. The van der Waals surface area contributed by atoms with Crippen LogP contribution in [-0.4, -0.2) is 17.5 Å². The quantitative estimate of drug-likeness (QED) is 0.555. The first kappa shape index (κ1) is 18.5. The molecule has 0 radical (unpaired) electrons. The molecular weight excluding hydrogens is 340 g/mol. The van der Waals surface area contributed by atoms with Gasteiger partial charge >= 0.3 is 11.9 Å². The van der Waals surface area contributed by atoms with E-state index in [1.165, 1.54) is 25.0 Å². The van der Waals surface area contributed by atoms with Crippen LogP contribution in [0.4, 0.5) is 0 Å². The molecule has 0 amide bonds. The van der Waals surface area contributed by atoms with E-state index in [0.717, 1.165) is 38.5 Å². The Morgan fingerprint density at radius 3 is 2.52 bits per heavy atom. The third kappa shape index (κ3) is 2.88. The van der Waals surface area contributed by atoms with Crippen LogP contribution in [0.2, 0.25) is 0 Å². The molecule has 1 aromatic carbocycles. The zero-order valence-electron chi connectivity index (χ0n) is 16.8. The van der Waals surface area contributed by atoms with E-state index in [0.29, 0.717) is 23.5 Å². The molecule has 0 spiro atoms. The molecule has 3 aliphatic rings. The van der Waals surface area contributed by atoms with Crippen molar-refractivity contribution >= 4 is 11.9 Å². The lowest BCUT2D eigenvalue weighted by atomic mass is 9.53. The number of fused-ring (bicyclic) bond motifs is 5. The summed E-state index contributed by atoms with van der Waals surface area (Å²) in [6, 6.07) is 6.17. The van der Waals surface area contributed by atoms with E-state index in [9.17, 15) is 9.59 Å². The first-order chi connectivity index (χ1) is 12.7. The van der Waals surface area contributed by atoms with Gasteiger partial charge in [0.15, 0.2) is 0 Å². The van der Waals surface area contributed by atoms with E-state index in [2.05, 4.69) is 26.0 Å². The van der Waals surface area contributed by atoms with Crippen LogP contribution in [0.15, 0.2) is 18.2 Å². The second kappa shape index (κ2) is 6.35. The Morgan fingerprint density at radius 2 is 1.81 bits per heavy atom. The average molecular weight is 370 g/mol. The number of hydrogen-bond donors (Lipinski definition) is 0. The van der Waals surface area contributed by atoms with Crippen molar-refractivity contribution in [2.45, 2.75) is 77.7 Å². The van der Waals surface area contributed by atoms with Gasteiger partial charge in [0.1, 0.15) is 11.4 Å². The number of hydrogen-bond acceptors (Lipinski definition) is 4. The van der Waals surface area contributed by atoms with Crippen LogP contribution >= 0.6 is 0 Å². The normalized spacial score (nSPS) is 37.0. The predicted molar refractivity (Wildman–Crippen MR) is 103 cm³/mol. The van der Waals surface area contributed by atoms with Crippen LogP contribution in [0.25, 0.3) is 0 Å². The lowest BCUT2D eigenvalue weighted by molar-refractivity contribution is -0.173. The number of ether oxygens (including phenoxy) is 2. The van der Waals surface area contributed by atoms with Gasteiger partial charge in [-0.1, -0.05) is 13.0 Å². The van der Waals surface area contributed by atoms with Crippen molar-refractivity contribution in [2.75, 3.05) is 0 Å². The molecule has 0 N–H and O–H groups in total. The number of aryl methyl sites for hydroxylation is 1. The fraction of sp³-hybridized carbons (Fsp3) is 0.652. The molecule has 2 saturated carbocycles. The van der Waals surface area contributed by atoms with Crippen molar-refractivity contribution in [1.82, 2.24) is 0 Å². The molecule has 2 fully saturated rings. The predicted octanol–water partition coefficient (Wildman–Crippen LogP) is 4.79. The maximum Gasteiger partial charge on any atom is 0.308 e. The topological polar surface area (TPSA) is 52.6 Å². The van der Waals surface area contributed by atoms with Crippen LogP contribution in [0.1, 0.15) is 76.8 Å². The molecule has 0 heterocycles. The van der Waals surface area contributed by atoms with Crippen molar-refractivity contribution in [3.05, 3.63) is 29.3 Å². The third-order valence-electron chi connectivity index (χ3n) is 7.86. The molecule has 4 nitrogen and oxygen atoms in total. The lowest BCUT2D eigenvalue weighted by Gasteiger charge is -2.53. The van der Waals surface area contributed by atoms with Gasteiger partial charge in [-0.05, 0) is 86.5 Å². The SMILES string of the molecule is CC(=O)Oc1ccc2c(c1)CC[C@H]1[C@@H]2CC[C@]2(C)[C@@H]1CC[C@@]2(C)OC(C)=O. The Kier molecular flexibility index (Phi) is 4.36. The van der Waals surface area contributed by atoms with Gasteiger partial charge < -0.3 is 9.47 Å². The highest BCUT2D eigenvalue weighted by atomic mass is 16.6. The number of rotatable bonds is 2. The second-order valence-corrected chi connectivity index (χ2v) is 9.19. The van der Waals surface area contributed by atoms with Gasteiger partial charge in [-0.3, -0.25) is 9.59 Å². The van der Waals surface area contributed by atoms with Crippen molar-refractivity contribution in [1.29, 1.82) is 0 Å². The van der Waals surface area contributed by atoms with E-state index < -0.39 is 0 Å². The Morgan fingerprint density at radius 1 is 1.04 bits per heavy atom. The number of carbonyl (C=O) groups is 2. The Hall–Kier alpha value is -1.84. The number of benzene rings is 1. The summed E-state index contributed by atoms with van der Waals surface area (Å²) in [5, 5.41) is 0. The van der Waals surface area contributed by atoms with Crippen LogP contribution in [-0.2, 0) is 20.7 Å². The van der Waals surface area contributed by atoms with Gasteiger partial charge in [-0.25, -0.2) is 0 Å². The van der Waals surface area contributed by atoms with Crippen molar-refractivity contribution < 1.29 is 19.1 Å². The Bertz CT molecular complexity index is 785. The minimum Gasteiger partial charge on any atom is -0.459 e. The third-order valence-corrected chi connectivity index (χ3v) is 7.86. The van der Waals surface area contributed by atoms with Gasteiger partial charge in [0.25, 0.3) is 0 Å². The van der Waals surface area contributed by atoms with Crippen LogP contribution in [0.5, 0.6) is 5.75 Å². The van der Waals surface area contributed by atoms with Gasteiger partial charge in [0, 0.05) is 19.3 Å². The molecule has 0 saturated heterocycles. The van der Waals surface area contributed by atoms with Crippen LogP contribution in [0, 0.1) is 17.3 Å². The molecular formula is C23H30O4. The summed E-state index contributed by atoms with van der Waals surface area (Å²) in [5.41, 5.74) is 2.49. The zero-order valence-corrected chi connectivity index (χ0v) is 16.8. The number of esters is 2. The monoisotopic (exact) mass is 370 g/mol. The Labute approximate surface area is 161 Å². The molecule has 0 bridgehead atoms. The molecule has 4 rings (SSSR count). The fourth-order valence-electron chi connectivity index (χ4n) is 6.50. The second-order valence-electron chi connectivity index (χ2n) is 9.19. The van der Waals surface area contributed by atoms with E-state index in [1.54, 1.807) is 0 Å². The maximum atomic E-state index is 11.7. The van der Waals surface area contributed by atoms with E-state index >= 15 is 0 Å². The molecule has 0 aromatic heterocycles. The lowest BCUT2D eigenvalue weighted by Crippen LogP contribution is -2.51. The summed E-state index contributed by atoms with van der Waals surface area (Å²) in [4.78, 5) is 23.0. The van der Waals surface area contributed by atoms with E-state index in [4.69, 9.17) is 9.47 Å². The summed E-state index contributed by atoms with van der Waals surface area (Å²) in [5.74, 6) is 2.04. The van der Waals surface area contributed by atoms with Crippen molar-refractivity contribution in [3.63, 3.8) is 0 Å². The molecule has 0 unspecified atom stereocenters. The summed E-state index contributed by atoms with van der Waals surface area (Å²) >= 11 is 0. The molecule has 3 aliphatic carbocycles. The smallest absolute Gasteiger partial charge is 0.308 e. The van der Waals surface area contributed by atoms with E-state index in [-0.39, 0.29) is 23.0 Å². The molecule has 1 aromatic rings. The zero-order chi connectivity index (χ0) is 19.4. The van der Waals surface area contributed by atoms with Gasteiger partial charge in [0.2, 0.25) is 0 Å². The molecule has 0 aliphatic heterocycles. The average Bonchev–Trinajstić information content (AvgIpc) is 2.84. The van der Waals surface area contributed by atoms with Gasteiger partial charge in [0.05, 0.1) is 0 Å². The van der Waals surface area contributed by atoms with E-state index in [1.807, 2.05) is 6.07 Å². The molecule has 5 atom stereocenters. The first-order valence-electron chi connectivity index (χ1n) is 10.2. The molecule has 27 heavy (non-hydrogen) atoms. The van der Waals surface area contributed by atoms with Crippen LogP contribution < -0.4 is 4.74 Å². The summed E-state index contributed by atoms with van der Waals surface area (Å²) in [6.45, 7) is 7.48. The van der Waals surface area contributed by atoms with Crippen LogP contribution in [0.3, 0.4) is 0 Å². The highest BCUT2D eigenvalue weighted by molar-refractivity contribution is 5.69. The highest BCUT2D eigenvalue weighted by Gasteiger charge is 2.61. The first-order valence-corrected chi connectivity index (χ1v) is 10.2. The van der Waals surface area contributed by atoms with Gasteiger partial charge in [-0.15, -0.1) is 0 Å². The van der Waals surface area contributed by atoms with Gasteiger partial charge in [-0.2, -0.15) is 0 Å². The minimum atomic E-state index is -0.339. The van der Waals surface area contributed by atoms with Crippen molar-refractivity contribution in [3.8, 4) is 5.75 Å². The standard InChI is InChI=1S/C23H30O4/c1-14(24)26-17-6-8-18-16(13-17)5-7-20-19(18)9-11-22(3)21(20)10-12-23(22,4)27-15(2)25/h6,8,13,19-21H,5,7,9-12H2,1-4H3/t19-,20+,21-,22-,23-/m1/s1. The summed E-state index contributed by atoms with van der Waals surface area (Å²) < 4.78 is 11.2. The minimum absolute atomic E-state index is 0.0645. The Balaban J connectivity index is 1.61. The molecule has 146 valence electrons. The highest BCUT2D eigenvalue weighted by Crippen LogP contribution is 2.65. The summed E-state index contributed by atoms with van der Waals surface area (Å²) in [6.07, 6.45) is 6.53. The number of carbonyl (C=O) groups excluding carboxylic acids is 2. The fourth-order valence-corrected chi connectivity index (χ4v) is 6.50. The molecule has 4 heteroatoms. The maximum absolute atomic E-state index is 11.7. The summed E-state index contributed by atoms with van der Waals surface area (Å²) in [7, 11) is 0.